The van der Waals surface area contributed by atoms with Gasteiger partial charge in [-0.1, -0.05) is 0 Å². The molecule has 1 aliphatic carbocycles. The van der Waals surface area contributed by atoms with Crippen molar-refractivity contribution in [3.63, 3.8) is 0 Å². The van der Waals surface area contributed by atoms with Crippen LogP contribution < -0.4 is 5.73 Å². The van der Waals surface area contributed by atoms with Gasteiger partial charge in [0, 0.05) is 17.8 Å². The van der Waals surface area contributed by atoms with Gasteiger partial charge >= 0.3 is 0 Å². The summed E-state index contributed by atoms with van der Waals surface area (Å²) in [7, 11) is 0. The number of nitrogens with zero attached hydrogens (tertiary/aromatic N) is 1. The lowest BCUT2D eigenvalue weighted by Crippen LogP contribution is -2.00. The van der Waals surface area contributed by atoms with Gasteiger partial charge in [0.05, 0.1) is 0 Å². The van der Waals surface area contributed by atoms with Crippen molar-refractivity contribution < 1.29 is 0 Å². The molecule has 0 atom stereocenters. The van der Waals surface area contributed by atoms with Gasteiger partial charge in [-0.2, -0.15) is 0 Å². The van der Waals surface area contributed by atoms with Gasteiger partial charge < -0.3 is 10.7 Å². The van der Waals surface area contributed by atoms with Crippen LogP contribution in [0.15, 0.2) is 6.20 Å². The Labute approximate surface area is 72.4 Å². The first-order valence-corrected chi connectivity index (χ1v) is 4.64. The quantitative estimate of drug-likeness (QED) is 0.703. The third kappa shape index (κ3) is 1.67. The van der Waals surface area contributed by atoms with Crippen LogP contribution >= 0.6 is 0 Å². The van der Waals surface area contributed by atoms with Gasteiger partial charge in [0.15, 0.2) is 0 Å². The highest BCUT2D eigenvalue weighted by Crippen LogP contribution is 2.38. The summed E-state index contributed by atoms with van der Waals surface area (Å²) in [5.41, 5.74) is 6.66. The number of rotatable bonds is 4. The van der Waals surface area contributed by atoms with E-state index in [1.807, 2.05) is 6.20 Å². The lowest BCUT2D eigenvalue weighted by molar-refractivity contribution is 0.810. The summed E-state index contributed by atoms with van der Waals surface area (Å²) < 4.78 is 0. The second kappa shape index (κ2) is 3.27. The van der Waals surface area contributed by atoms with Crippen LogP contribution in [0, 0.1) is 0 Å². The van der Waals surface area contributed by atoms with Crippen LogP contribution in [-0.2, 0) is 6.42 Å². The molecule has 1 heterocycles. The largest absolute Gasteiger partial charge is 0.346 e. The molecule has 0 unspecified atom stereocenters. The van der Waals surface area contributed by atoms with Gasteiger partial charge in [0.2, 0.25) is 0 Å². The molecule has 0 saturated heterocycles. The van der Waals surface area contributed by atoms with Crippen LogP contribution in [0.25, 0.3) is 0 Å². The molecule has 2 rings (SSSR count). The number of aromatic nitrogens is 2. The summed E-state index contributed by atoms with van der Waals surface area (Å²) in [6.07, 6.45) is 6.65. The van der Waals surface area contributed by atoms with E-state index < -0.39 is 0 Å². The van der Waals surface area contributed by atoms with E-state index in [9.17, 15) is 0 Å². The Kier molecular flexibility index (Phi) is 2.13. The smallest absolute Gasteiger partial charge is 0.109 e. The second-order valence-corrected chi connectivity index (χ2v) is 3.46. The Morgan fingerprint density at radius 1 is 1.58 bits per heavy atom. The average Bonchev–Trinajstić information content (AvgIpc) is 2.83. The zero-order valence-corrected chi connectivity index (χ0v) is 7.21. The Hall–Kier alpha value is -0.830. The predicted octanol–water partition coefficient (Wildman–Crippen LogP) is 1.18. The fourth-order valence-electron chi connectivity index (χ4n) is 1.36. The summed E-state index contributed by atoms with van der Waals surface area (Å²) in [6.45, 7) is 0.762. The normalized spacial score (nSPS) is 16.8. The topological polar surface area (TPSA) is 54.7 Å². The van der Waals surface area contributed by atoms with Crippen molar-refractivity contribution in [1.29, 1.82) is 0 Å². The van der Waals surface area contributed by atoms with Crippen LogP contribution in [0.5, 0.6) is 0 Å². The number of hydrogen-bond acceptors (Lipinski definition) is 2. The van der Waals surface area contributed by atoms with Gasteiger partial charge in [0.1, 0.15) is 5.82 Å². The maximum absolute atomic E-state index is 5.42. The molecule has 1 aromatic rings. The minimum Gasteiger partial charge on any atom is -0.346 e. The molecule has 3 N–H and O–H groups in total. The van der Waals surface area contributed by atoms with Gasteiger partial charge in [0.25, 0.3) is 0 Å². The molecule has 1 saturated carbocycles. The first kappa shape index (κ1) is 7.80. The van der Waals surface area contributed by atoms with E-state index in [1.165, 1.54) is 24.4 Å². The number of nitrogens with two attached hydrogens (primary N) is 1. The molecule has 3 heteroatoms. The van der Waals surface area contributed by atoms with Crippen molar-refractivity contribution in [2.45, 2.75) is 31.6 Å². The van der Waals surface area contributed by atoms with E-state index in [4.69, 9.17) is 5.73 Å². The van der Waals surface area contributed by atoms with E-state index in [0.29, 0.717) is 0 Å². The van der Waals surface area contributed by atoms with Crippen molar-refractivity contribution in [2.24, 2.45) is 5.73 Å². The van der Waals surface area contributed by atoms with E-state index in [1.54, 1.807) is 0 Å². The molecule has 0 bridgehead atoms. The summed E-state index contributed by atoms with van der Waals surface area (Å²) in [5.74, 6) is 1.92. The first-order chi connectivity index (χ1) is 5.90. The number of hydrogen-bond donors (Lipinski definition) is 2. The maximum Gasteiger partial charge on any atom is 0.109 e. The van der Waals surface area contributed by atoms with Crippen LogP contribution in [0.1, 0.15) is 36.7 Å². The van der Waals surface area contributed by atoms with Crippen LogP contribution in [0.4, 0.5) is 0 Å². The van der Waals surface area contributed by atoms with Gasteiger partial charge in [-0.15, -0.1) is 0 Å². The second-order valence-electron chi connectivity index (χ2n) is 3.46. The summed E-state index contributed by atoms with van der Waals surface area (Å²) in [5, 5.41) is 0. The molecular formula is C9H15N3. The molecule has 0 amide bonds. The predicted molar refractivity (Wildman–Crippen MR) is 47.9 cm³/mol. The molecule has 0 spiro atoms. The van der Waals surface area contributed by atoms with Crippen molar-refractivity contribution in [2.75, 3.05) is 6.54 Å². The number of aromatic amines is 1. The minimum absolute atomic E-state index is 0.733. The number of imidazole rings is 1. The number of aryl methyl sites for hydroxylation is 1. The maximum atomic E-state index is 5.42. The highest BCUT2D eigenvalue weighted by molar-refractivity contribution is 5.10. The zero-order chi connectivity index (χ0) is 8.39. The molecule has 66 valence electrons. The molecule has 0 aliphatic heterocycles. The number of H-pyrrole nitrogens is 1. The Morgan fingerprint density at radius 2 is 2.42 bits per heavy atom. The molecular weight excluding hydrogens is 150 g/mol. The van der Waals surface area contributed by atoms with Crippen LogP contribution in [0.3, 0.4) is 0 Å². The van der Waals surface area contributed by atoms with E-state index in [-0.39, 0.29) is 0 Å². The molecule has 0 radical (unpaired) electrons. The standard InChI is InChI=1S/C9H15N3/c10-5-1-2-8-6-11-9(12-8)7-3-4-7/h6-7H,1-5,10H2,(H,11,12). The Balaban J connectivity index is 1.93. The average molecular weight is 165 g/mol. The fraction of sp³-hybridized carbons (Fsp3) is 0.667. The van der Waals surface area contributed by atoms with Crippen molar-refractivity contribution in [3.8, 4) is 0 Å². The molecule has 12 heavy (non-hydrogen) atoms. The minimum atomic E-state index is 0.733. The highest BCUT2D eigenvalue weighted by atomic mass is 14.9. The Bertz CT molecular complexity index is 250. The van der Waals surface area contributed by atoms with Crippen molar-refractivity contribution >= 4 is 0 Å². The van der Waals surface area contributed by atoms with Crippen LogP contribution in [-0.4, -0.2) is 16.5 Å². The van der Waals surface area contributed by atoms with E-state index in [2.05, 4.69) is 9.97 Å². The van der Waals surface area contributed by atoms with Crippen LogP contribution in [0.2, 0.25) is 0 Å². The van der Waals surface area contributed by atoms with Crippen molar-refractivity contribution in [3.05, 3.63) is 17.7 Å². The van der Waals surface area contributed by atoms with E-state index >= 15 is 0 Å². The molecule has 1 aromatic heterocycles. The molecule has 3 nitrogen and oxygen atoms in total. The highest BCUT2D eigenvalue weighted by Gasteiger charge is 2.26. The third-order valence-corrected chi connectivity index (χ3v) is 2.26. The monoisotopic (exact) mass is 165 g/mol. The summed E-state index contributed by atoms with van der Waals surface area (Å²) >= 11 is 0. The molecule has 1 fully saturated rings. The molecule has 1 aliphatic rings. The summed E-state index contributed by atoms with van der Waals surface area (Å²) in [6, 6.07) is 0. The lowest BCUT2D eigenvalue weighted by atomic mass is 10.2. The summed E-state index contributed by atoms with van der Waals surface area (Å²) in [4.78, 5) is 7.68. The first-order valence-electron chi connectivity index (χ1n) is 4.64. The fourth-order valence-corrected chi connectivity index (χ4v) is 1.36. The third-order valence-electron chi connectivity index (χ3n) is 2.26. The lowest BCUT2D eigenvalue weighted by Gasteiger charge is -1.93. The zero-order valence-electron chi connectivity index (χ0n) is 7.21. The number of nitrogens with one attached hydrogen (secondary N) is 1. The van der Waals surface area contributed by atoms with Gasteiger partial charge in [-0.3, -0.25) is 0 Å². The molecule has 0 aromatic carbocycles. The van der Waals surface area contributed by atoms with Crippen molar-refractivity contribution in [1.82, 2.24) is 9.97 Å². The van der Waals surface area contributed by atoms with Gasteiger partial charge in [-0.05, 0) is 32.2 Å². The SMILES string of the molecule is NCCCc1cnc(C2CC2)[nH]1. The van der Waals surface area contributed by atoms with E-state index in [0.717, 1.165) is 25.3 Å². The Morgan fingerprint density at radius 3 is 3.08 bits per heavy atom. The van der Waals surface area contributed by atoms with Gasteiger partial charge in [-0.25, -0.2) is 4.98 Å².